The van der Waals surface area contributed by atoms with Crippen LogP contribution in [0, 0.1) is 0 Å². The molecular weight excluding hydrogens is 236 g/mol. The van der Waals surface area contributed by atoms with Crippen molar-refractivity contribution in [1.29, 1.82) is 0 Å². The molecule has 19 heavy (non-hydrogen) atoms. The van der Waals surface area contributed by atoms with Crippen LogP contribution < -0.4 is 5.32 Å². The molecule has 0 saturated carbocycles. The summed E-state index contributed by atoms with van der Waals surface area (Å²) in [7, 11) is 0. The Kier molecular flexibility index (Phi) is 4.43. The number of rotatable bonds is 4. The van der Waals surface area contributed by atoms with Gasteiger partial charge in [-0.25, -0.2) is 0 Å². The van der Waals surface area contributed by atoms with Crippen LogP contribution in [0.3, 0.4) is 0 Å². The Morgan fingerprint density at radius 1 is 1.11 bits per heavy atom. The van der Waals surface area contributed by atoms with Crippen molar-refractivity contribution < 1.29 is 0 Å². The Balaban J connectivity index is 1.41. The minimum Gasteiger partial charge on any atom is -0.313 e. The molecular formula is C15H24N4. The van der Waals surface area contributed by atoms with Gasteiger partial charge in [0.05, 0.1) is 0 Å². The SMILES string of the molecule is c1cc(CN2CCN(C[C@@H]3CCCN3)CC2)ccn1. The monoisotopic (exact) mass is 260 g/mol. The zero-order valence-electron chi connectivity index (χ0n) is 11.6. The van der Waals surface area contributed by atoms with Crippen molar-refractivity contribution in [3.05, 3.63) is 30.1 Å². The summed E-state index contributed by atoms with van der Waals surface area (Å²) in [6, 6.07) is 4.98. The Morgan fingerprint density at radius 2 is 1.84 bits per heavy atom. The van der Waals surface area contributed by atoms with Crippen LogP contribution >= 0.6 is 0 Å². The van der Waals surface area contributed by atoms with Gasteiger partial charge in [0.1, 0.15) is 0 Å². The molecule has 0 bridgehead atoms. The van der Waals surface area contributed by atoms with E-state index in [0.717, 1.165) is 12.6 Å². The molecule has 0 spiro atoms. The molecule has 1 atom stereocenters. The number of piperazine rings is 1. The second-order valence-electron chi connectivity index (χ2n) is 5.73. The van der Waals surface area contributed by atoms with E-state index in [1.54, 1.807) is 0 Å². The number of nitrogens with one attached hydrogen (secondary N) is 1. The maximum Gasteiger partial charge on any atom is 0.0271 e. The molecule has 0 unspecified atom stereocenters. The van der Waals surface area contributed by atoms with E-state index in [1.807, 2.05) is 12.4 Å². The van der Waals surface area contributed by atoms with Gasteiger partial charge in [-0.05, 0) is 37.1 Å². The van der Waals surface area contributed by atoms with Crippen molar-refractivity contribution in [3.63, 3.8) is 0 Å². The van der Waals surface area contributed by atoms with Crippen molar-refractivity contribution in [2.24, 2.45) is 0 Å². The Bertz CT molecular complexity index is 367. The van der Waals surface area contributed by atoms with Crippen molar-refractivity contribution in [2.75, 3.05) is 39.3 Å². The van der Waals surface area contributed by atoms with Gasteiger partial charge in [0.15, 0.2) is 0 Å². The summed E-state index contributed by atoms with van der Waals surface area (Å²) in [4.78, 5) is 9.24. The van der Waals surface area contributed by atoms with Crippen LogP contribution in [0.1, 0.15) is 18.4 Å². The van der Waals surface area contributed by atoms with E-state index in [1.165, 1.54) is 57.7 Å². The Labute approximate surface area is 115 Å². The minimum absolute atomic E-state index is 0.742. The summed E-state index contributed by atoms with van der Waals surface area (Å²) in [6.07, 6.45) is 6.48. The smallest absolute Gasteiger partial charge is 0.0271 e. The van der Waals surface area contributed by atoms with E-state index in [9.17, 15) is 0 Å². The quantitative estimate of drug-likeness (QED) is 0.873. The van der Waals surface area contributed by atoms with Crippen LogP contribution in [-0.2, 0) is 6.54 Å². The van der Waals surface area contributed by atoms with Gasteiger partial charge in [0.2, 0.25) is 0 Å². The maximum atomic E-state index is 4.07. The number of nitrogens with zero attached hydrogens (tertiary/aromatic N) is 3. The number of aromatic nitrogens is 1. The van der Waals surface area contributed by atoms with Crippen LogP contribution in [0.5, 0.6) is 0 Å². The lowest BCUT2D eigenvalue weighted by Gasteiger charge is -2.35. The highest BCUT2D eigenvalue weighted by atomic mass is 15.3. The van der Waals surface area contributed by atoms with E-state index >= 15 is 0 Å². The third kappa shape index (κ3) is 3.75. The summed E-state index contributed by atoms with van der Waals surface area (Å²) in [6.45, 7) is 8.32. The molecule has 3 heterocycles. The first-order valence-corrected chi connectivity index (χ1v) is 7.47. The lowest BCUT2D eigenvalue weighted by atomic mass is 10.2. The maximum absolute atomic E-state index is 4.07. The van der Waals surface area contributed by atoms with Gasteiger partial charge in [0.25, 0.3) is 0 Å². The zero-order valence-corrected chi connectivity index (χ0v) is 11.6. The van der Waals surface area contributed by atoms with E-state index < -0.39 is 0 Å². The molecule has 1 aromatic rings. The standard InChI is InChI=1S/C15H24N4/c1-2-15(17-5-1)13-19-10-8-18(9-11-19)12-14-3-6-16-7-4-14/h3-4,6-7,15,17H,1-2,5,8-13H2/t15-/m0/s1. The predicted octanol–water partition coefficient (Wildman–Crippen LogP) is 0.951. The lowest BCUT2D eigenvalue weighted by molar-refractivity contribution is 0.120. The van der Waals surface area contributed by atoms with Crippen LogP contribution in [0.15, 0.2) is 24.5 Å². The van der Waals surface area contributed by atoms with E-state index in [4.69, 9.17) is 0 Å². The van der Waals surface area contributed by atoms with Crippen molar-refractivity contribution in [2.45, 2.75) is 25.4 Å². The average molecular weight is 260 g/mol. The molecule has 3 rings (SSSR count). The van der Waals surface area contributed by atoms with Crippen LogP contribution in [0.2, 0.25) is 0 Å². The van der Waals surface area contributed by atoms with Gasteiger partial charge in [-0.3, -0.25) is 14.8 Å². The van der Waals surface area contributed by atoms with Gasteiger partial charge in [-0.1, -0.05) is 0 Å². The Hall–Kier alpha value is -0.970. The summed E-state index contributed by atoms with van der Waals surface area (Å²) in [5.74, 6) is 0. The molecule has 4 nitrogen and oxygen atoms in total. The highest BCUT2D eigenvalue weighted by Crippen LogP contribution is 2.11. The highest BCUT2D eigenvalue weighted by Gasteiger charge is 2.21. The first-order chi connectivity index (χ1) is 9.40. The van der Waals surface area contributed by atoms with E-state index in [2.05, 4.69) is 32.2 Å². The third-order valence-corrected chi connectivity index (χ3v) is 4.26. The van der Waals surface area contributed by atoms with Crippen LogP contribution in [-0.4, -0.2) is 60.1 Å². The molecule has 2 aliphatic heterocycles. The predicted molar refractivity (Wildman–Crippen MR) is 77.0 cm³/mol. The highest BCUT2D eigenvalue weighted by molar-refractivity contribution is 5.09. The topological polar surface area (TPSA) is 31.4 Å². The van der Waals surface area contributed by atoms with E-state index in [-0.39, 0.29) is 0 Å². The van der Waals surface area contributed by atoms with E-state index in [0.29, 0.717) is 0 Å². The first kappa shape index (κ1) is 13.0. The third-order valence-electron chi connectivity index (χ3n) is 4.26. The summed E-state index contributed by atoms with van der Waals surface area (Å²) >= 11 is 0. The molecule has 0 radical (unpaired) electrons. The van der Waals surface area contributed by atoms with Gasteiger partial charge in [-0.2, -0.15) is 0 Å². The van der Waals surface area contributed by atoms with Gasteiger partial charge in [0, 0.05) is 57.7 Å². The molecule has 2 aliphatic rings. The zero-order chi connectivity index (χ0) is 12.9. The largest absolute Gasteiger partial charge is 0.313 e. The number of hydrogen-bond donors (Lipinski definition) is 1. The summed E-state index contributed by atoms with van der Waals surface area (Å²) in [5.41, 5.74) is 1.38. The number of pyridine rings is 1. The second kappa shape index (κ2) is 6.46. The van der Waals surface area contributed by atoms with Gasteiger partial charge < -0.3 is 5.32 Å². The molecule has 104 valence electrons. The van der Waals surface area contributed by atoms with Crippen LogP contribution in [0.25, 0.3) is 0 Å². The minimum atomic E-state index is 0.742. The molecule has 0 aromatic carbocycles. The molecule has 1 aromatic heterocycles. The fourth-order valence-electron chi connectivity index (χ4n) is 3.10. The molecule has 2 saturated heterocycles. The summed E-state index contributed by atoms with van der Waals surface area (Å²) < 4.78 is 0. The Morgan fingerprint density at radius 3 is 2.53 bits per heavy atom. The fraction of sp³-hybridized carbons (Fsp3) is 0.667. The van der Waals surface area contributed by atoms with Crippen molar-refractivity contribution in [3.8, 4) is 0 Å². The number of hydrogen-bond acceptors (Lipinski definition) is 4. The van der Waals surface area contributed by atoms with Crippen molar-refractivity contribution >= 4 is 0 Å². The lowest BCUT2D eigenvalue weighted by Crippen LogP contribution is -2.49. The average Bonchev–Trinajstić information content (AvgIpc) is 2.95. The van der Waals surface area contributed by atoms with Gasteiger partial charge in [-0.15, -0.1) is 0 Å². The molecule has 2 fully saturated rings. The molecule has 4 heteroatoms. The molecule has 0 aliphatic carbocycles. The second-order valence-corrected chi connectivity index (χ2v) is 5.73. The van der Waals surface area contributed by atoms with Crippen LogP contribution in [0.4, 0.5) is 0 Å². The fourth-order valence-corrected chi connectivity index (χ4v) is 3.10. The normalized spacial score (nSPS) is 25.8. The molecule has 0 amide bonds. The first-order valence-electron chi connectivity index (χ1n) is 7.47. The molecule has 1 N–H and O–H groups in total. The summed E-state index contributed by atoms with van der Waals surface area (Å²) in [5, 5.41) is 3.59. The van der Waals surface area contributed by atoms with Gasteiger partial charge >= 0.3 is 0 Å². The van der Waals surface area contributed by atoms with Crippen molar-refractivity contribution in [1.82, 2.24) is 20.1 Å².